The molecule has 1 N–H and O–H groups in total. The average molecular weight is 362 g/mol. The Morgan fingerprint density at radius 3 is 2.81 bits per heavy atom. The van der Waals surface area contributed by atoms with Crippen LogP contribution < -0.4 is 5.32 Å². The summed E-state index contributed by atoms with van der Waals surface area (Å²) in [6.45, 7) is 0. The number of nitrogens with zero attached hydrogens (tertiary/aromatic N) is 5. The summed E-state index contributed by atoms with van der Waals surface area (Å²) in [4.78, 5) is 17.9. The fraction of sp³-hybridized carbons (Fsp3) is 0.0556. The summed E-state index contributed by atoms with van der Waals surface area (Å²) in [5.74, 6) is -0.222. The van der Waals surface area contributed by atoms with Crippen LogP contribution in [0.15, 0.2) is 67.1 Å². The second kappa shape index (κ2) is 7.24. The highest BCUT2D eigenvalue weighted by atomic mass is 32.1. The average Bonchev–Trinajstić information content (AvgIpc) is 3.35. The van der Waals surface area contributed by atoms with Gasteiger partial charge in [0, 0.05) is 23.1 Å². The van der Waals surface area contributed by atoms with Gasteiger partial charge in [0.15, 0.2) is 5.13 Å². The lowest BCUT2D eigenvalue weighted by Gasteiger charge is -2.04. The lowest BCUT2D eigenvalue weighted by Crippen LogP contribution is -2.12. The van der Waals surface area contributed by atoms with E-state index in [0.29, 0.717) is 16.4 Å². The van der Waals surface area contributed by atoms with Crippen molar-refractivity contribution in [2.24, 2.45) is 0 Å². The van der Waals surface area contributed by atoms with Gasteiger partial charge in [0.25, 0.3) is 5.91 Å². The predicted octanol–water partition coefficient (Wildman–Crippen LogP) is 2.96. The van der Waals surface area contributed by atoms with Gasteiger partial charge in [-0.25, -0.2) is 9.67 Å². The number of nitrogens with one attached hydrogen (secondary N) is 1. The lowest BCUT2D eigenvalue weighted by atomic mass is 10.1. The van der Waals surface area contributed by atoms with Crippen molar-refractivity contribution in [3.05, 3.63) is 83.1 Å². The van der Waals surface area contributed by atoms with Crippen molar-refractivity contribution in [3.63, 3.8) is 0 Å². The van der Waals surface area contributed by atoms with Crippen LogP contribution in [0.2, 0.25) is 0 Å². The molecule has 0 radical (unpaired) electrons. The van der Waals surface area contributed by atoms with Crippen molar-refractivity contribution >= 4 is 22.4 Å². The zero-order valence-corrected chi connectivity index (χ0v) is 14.4. The lowest BCUT2D eigenvalue weighted by molar-refractivity contribution is 0.102. The smallest absolute Gasteiger partial charge is 0.257 e. The van der Waals surface area contributed by atoms with Crippen LogP contribution in [0.1, 0.15) is 20.8 Å². The van der Waals surface area contributed by atoms with E-state index in [1.807, 2.05) is 24.3 Å². The van der Waals surface area contributed by atoms with E-state index in [-0.39, 0.29) is 5.91 Å². The van der Waals surface area contributed by atoms with Gasteiger partial charge in [0.05, 0.1) is 5.69 Å². The van der Waals surface area contributed by atoms with Crippen LogP contribution in [0.4, 0.5) is 5.13 Å². The van der Waals surface area contributed by atoms with Crippen LogP contribution in [0.5, 0.6) is 0 Å². The van der Waals surface area contributed by atoms with E-state index in [2.05, 4.69) is 38.0 Å². The van der Waals surface area contributed by atoms with E-state index in [0.717, 1.165) is 11.3 Å². The molecule has 0 atom stereocenters. The number of anilines is 1. The minimum atomic E-state index is -0.222. The number of thiazole rings is 1. The Hall–Kier alpha value is -3.39. The third-order valence-electron chi connectivity index (χ3n) is 3.72. The third kappa shape index (κ3) is 3.65. The van der Waals surface area contributed by atoms with Crippen LogP contribution >= 0.6 is 11.3 Å². The van der Waals surface area contributed by atoms with Gasteiger partial charge in [-0.05, 0) is 34.2 Å². The van der Waals surface area contributed by atoms with Gasteiger partial charge in [-0.1, -0.05) is 36.4 Å². The van der Waals surface area contributed by atoms with Crippen LogP contribution in [-0.4, -0.2) is 31.1 Å². The van der Waals surface area contributed by atoms with Crippen molar-refractivity contribution in [1.82, 2.24) is 25.2 Å². The number of aromatic nitrogens is 5. The van der Waals surface area contributed by atoms with Crippen LogP contribution in [0.3, 0.4) is 0 Å². The molecule has 26 heavy (non-hydrogen) atoms. The molecule has 0 spiro atoms. The number of hydrogen-bond donors (Lipinski definition) is 1. The molecule has 4 aromatic rings. The zero-order chi connectivity index (χ0) is 17.8. The summed E-state index contributed by atoms with van der Waals surface area (Å²) < 4.78 is 1.50. The van der Waals surface area contributed by atoms with E-state index in [9.17, 15) is 4.79 Å². The van der Waals surface area contributed by atoms with Crippen molar-refractivity contribution in [2.45, 2.75) is 6.42 Å². The Morgan fingerprint density at radius 2 is 2.00 bits per heavy atom. The molecule has 0 fully saturated rings. The highest BCUT2D eigenvalue weighted by Crippen LogP contribution is 2.22. The van der Waals surface area contributed by atoms with E-state index in [4.69, 9.17) is 0 Å². The first-order valence-electron chi connectivity index (χ1n) is 7.91. The summed E-state index contributed by atoms with van der Waals surface area (Å²) in [6.07, 6.45) is 4.07. The predicted molar refractivity (Wildman–Crippen MR) is 98.5 cm³/mol. The maximum absolute atomic E-state index is 12.5. The van der Waals surface area contributed by atoms with Gasteiger partial charge in [0.1, 0.15) is 6.33 Å². The fourth-order valence-electron chi connectivity index (χ4n) is 2.48. The maximum Gasteiger partial charge on any atom is 0.257 e. The van der Waals surface area contributed by atoms with Gasteiger partial charge in [-0.2, -0.15) is 0 Å². The molecule has 1 amide bonds. The SMILES string of the molecule is O=C(Nc1ncc(Cc2ccccc2)s1)c1cccc(-n2cnnn2)c1. The number of benzene rings is 2. The van der Waals surface area contributed by atoms with Crippen molar-refractivity contribution in [3.8, 4) is 5.69 Å². The molecule has 2 aromatic carbocycles. The highest BCUT2D eigenvalue weighted by Gasteiger charge is 2.11. The molecule has 8 heteroatoms. The largest absolute Gasteiger partial charge is 0.298 e. The summed E-state index contributed by atoms with van der Waals surface area (Å²) in [7, 11) is 0. The molecule has 0 aliphatic carbocycles. The number of hydrogen-bond acceptors (Lipinski definition) is 6. The Balaban J connectivity index is 1.46. The van der Waals surface area contributed by atoms with Gasteiger partial charge < -0.3 is 0 Å². The van der Waals surface area contributed by atoms with Crippen LogP contribution in [-0.2, 0) is 6.42 Å². The molecule has 4 rings (SSSR count). The van der Waals surface area contributed by atoms with Crippen molar-refractivity contribution in [2.75, 3.05) is 5.32 Å². The summed E-state index contributed by atoms with van der Waals surface area (Å²) in [5.41, 5.74) is 2.44. The number of amides is 1. The molecule has 0 aliphatic rings. The number of rotatable bonds is 5. The maximum atomic E-state index is 12.5. The van der Waals surface area contributed by atoms with Crippen LogP contribution in [0.25, 0.3) is 5.69 Å². The summed E-state index contributed by atoms with van der Waals surface area (Å²) in [5, 5.41) is 14.5. The van der Waals surface area contributed by atoms with E-state index in [1.54, 1.807) is 24.4 Å². The molecular weight excluding hydrogens is 348 g/mol. The van der Waals surface area contributed by atoms with Gasteiger partial charge >= 0.3 is 0 Å². The molecule has 7 nitrogen and oxygen atoms in total. The number of carbonyl (C=O) groups is 1. The second-order valence-corrected chi connectivity index (χ2v) is 6.67. The van der Waals surface area contributed by atoms with Crippen molar-refractivity contribution < 1.29 is 4.79 Å². The molecule has 0 bridgehead atoms. The van der Waals surface area contributed by atoms with Crippen molar-refractivity contribution in [1.29, 1.82) is 0 Å². The standard InChI is InChI=1S/C18H14N6OS/c25-17(14-7-4-8-15(10-14)24-12-20-22-23-24)21-18-19-11-16(26-18)9-13-5-2-1-3-6-13/h1-8,10-12H,9H2,(H,19,21,25). The highest BCUT2D eigenvalue weighted by molar-refractivity contribution is 7.15. The Morgan fingerprint density at radius 1 is 1.12 bits per heavy atom. The van der Waals surface area contributed by atoms with E-state index in [1.165, 1.54) is 27.9 Å². The molecule has 0 aliphatic heterocycles. The van der Waals surface area contributed by atoms with Gasteiger partial charge in [-0.3, -0.25) is 10.1 Å². The minimum Gasteiger partial charge on any atom is -0.298 e. The minimum absolute atomic E-state index is 0.222. The van der Waals surface area contributed by atoms with E-state index >= 15 is 0 Å². The second-order valence-electron chi connectivity index (χ2n) is 5.55. The number of tetrazole rings is 1. The normalized spacial score (nSPS) is 10.6. The first kappa shape index (κ1) is 16.1. The molecule has 0 saturated heterocycles. The molecule has 0 saturated carbocycles. The van der Waals surface area contributed by atoms with E-state index < -0.39 is 0 Å². The zero-order valence-electron chi connectivity index (χ0n) is 13.6. The number of carbonyl (C=O) groups excluding carboxylic acids is 1. The summed E-state index contributed by atoms with van der Waals surface area (Å²) in [6, 6.07) is 17.2. The monoisotopic (exact) mass is 362 g/mol. The molecule has 0 unspecified atom stereocenters. The third-order valence-corrected chi connectivity index (χ3v) is 4.63. The molecule has 128 valence electrons. The molecular formula is C18H14N6OS. The first-order valence-corrected chi connectivity index (χ1v) is 8.73. The Kier molecular flexibility index (Phi) is 4.48. The topological polar surface area (TPSA) is 85.6 Å². The van der Waals surface area contributed by atoms with Crippen LogP contribution in [0, 0.1) is 0 Å². The molecule has 2 aromatic heterocycles. The first-order chi connectivity index (χ1) is 12.8. The quantitative estimate of drug-likeness (QED) is 0.590. The fourth-order valence-corrected chi connectivity index (χ4v) is 3.32. The van der Waals surface area contributed by atoms with Gasteiger partial charge in [0.2, 0.25) is 0 Å². The summed E-state index contributed by atoms with van der Waals surface area (Å²) >= 11 is 1.47. The van der Waals surface area contributed by atoms with Gasteiger partial charge in [-0.15, -0.1) is 16.4 Å². The Bertz CT molecular complexity index is 1010. The Labute approximate surface area is 153 Å². The molecule has 2 heterocycles.